The molecule has 3 rings (SSSR count). The van der Waals surface area contributed by atoms with E-state index in [0.29, 0.717) is 27.4 Å². The lowest BCUT2D eigenvalue weighted by atomic mass is 10.2. The van der Waals surface area contributed by atoms with E-state index in [2.05, 4.69) is 15.5 Å². The van der Waals surface area contributed by atoms with Gasteiger partial charge in [0.05, 0.1) is 21.2 Å². The molecule has 0 aliphatic carbocycles. The third kappa shape index (κ3) is 4.14. The highest BCUT2D eigenvalue weighted by atomic mass is 35.5. The lowest BCUT2D eigenvalue weighted by molar-refractivity contribution is -0.385. The van der Waals surface area contributed by atoms with Crippen LogP contribution in [0.25, 0.3) is 11.3 Å². The normalized spacial score (nSPS) is 11.0. The van der Waals surface area contributed by atoms with Crippen molar-refractivity contribution < 1.29 is 9.34 Å². The molecule has 126 valence electrons. The average molecular weight is 377 g/mol. The Morgan fingerprint density at radius 1 is 1.16 bits per heavy atom. The number of nitro groups is 1. The fourth-order valence-electron chi connectivity index (χ4n) is 1.95. The van der Waals surface area contributed by atoms with Gasteiger partial charge in [0.2, 0.25) is 0 Å². The molecule has 2 heterocycles. The Balaban J connectivity index is 1.67. The van der Waals surface area contributed by atoms with E-state index in [-0.39, 0.29) is 5.69 Å². The molecule has 0 bridgehead atoms. The van der Waals surface area contributed by atoms with Gasteiger partial charge in [-0.1, -0.05) is 23.2 Å². The van der Waals surface area contributed by atoms with Gasteiger partial charge in [-0.2, -0.15) is 5.10 Å². The molecule has 0 radical (unpaired) electrons. The first kappa shape index (κ1) is 16.9. The van der Waals surface area contributed by atoms with Gasteiger partial charge in [0, 0.05) is 11.6 Å². The number of furan rings is 1. The van der Waals surface area contributed by atoms with E-state index in [1.807, 2.05) is 0 Å². The molecule has 1 aromatic carbocycles. The first-order valence-electron chi connectivity index (χ1n) is 6.98. The molecule has 0 saturated heterocycles. The fraction of sp³-hybridized carbons (Fsp3) is 0. The summed E-state index contributed by atoms with van der Waals surface area (Å²) in [6, 6.07) is 11.5. The Kier molecular flexibility index (Phi) is 4.97. The number of nitrogens with one attached hydrogen (secondary N) is 1. The molecule has 0 atom stereocenters. The summed E-state index contributed by atoms with van der Waals surface area (Å²) in [5, 5.41) is 15.4. The van der Waals surface area contributed by atoms with Crippen LogP contribution in [0.2, 0.25) is 10.0 Å². The fourth-order valence-corrected chi connectivity index (χ4v) is 2.25. The van der Waals surface area contributed by atoms with Crippen LogP contribution in [0.5, 0.6) is 0 Å². The van der Waals surface area contributed by atoms with Crippen LogP contribution in [0.15, 0.2) is 58.2 Å². The summed E-state index contributed by atoms with van der Waals surface area (Å²) in [6.07, 6.45) is 2.61. The monoisotopic (exact) mass is 376 g/mol. The van der Waals surface area contributed by atoms with Gasteiger partial charge in [0.1, 0.15) is 23.5 Å². The van der Waals surface area contributed by atoms with Crippen LogP contribution in [0, 0.1) is 10.1 Å². The summed E-state index contributed by atoms with van der Waals surface area (Å²) in [4.78, 5) is 13.9. The summed E-state index contributed by atoms with van der Waals surface area (Å²) in [5.41, 5.74) is 3.36. The van der Waals surface area contributed by atoms with Gasteiger partial charge in [-0.3, -0.25) is 15.5 Å². The second-order valence-electron chi connectivity index (χ2n) is 4.86. The smallest absolute Gasteiger partial charge is 0.287 e. The Hall–Kier alpha value is -2.90. The van der Waals surface area contributed by atoms with Crippen molar-refractivity contribution in [2.45, 2.75) is 0 Å². The molecule has 0 fully saturated rings. The zero-order chi connectivity index (χ0) is 17.8. The van der Waals surface area contributed by atoms with Crippen LogP contribution in [0.3, 0.4) is 0 Å². The summed E-state index contributed by atoms with van der Waals surface area (Å²) >= 11 is 11.9. The van der Waals surface area contributed by atoms with Crippen LogP contribution in [0.4, 0.5) is 11.5 Å². The highest BCUT2D eigenvalue weighted by Gasteiger charge is 2.07. The van der Waals surface area contributed by atoms with Crippen LogP contribution >= 0.6 is 23.2 Å². The van der Waals surface area contributed by atoms with Crippen molar-refractivity contribution in [3.05, 3.63) is 74.6 Å². The minimum atomic E-state index is -0.520. The predicted octanol–water partition coefficient (Wildman–Crippen LogP) is 5.00. The maximum atomic E-state index is 10.6. The topological polar surface area (TPSA) is 93.6 Å². The molecule has 3 aromatic rings. The number of hydrazone groups is 1. The van der Waals surface area contributed by atoms with Crippen molar-refractivity contribution in [2.24, 2.45) is 5.10 Å². The highest BCUT2D eigenvalue weighted by molar-refractivity contribution is 6.42. The number of hydrogen-bond acceptors (Lipinski definition) is 6. The van der Waals surface area contributed by atoms with Crippen molar-refractivity contribution in [1.82, 2.24) is 4.98 Å². The molecule has 0 aliphatic heterocycles. The first-order valence-corrected chi connectivity index (χ1v) is 7.73. The van der Waals surface area contributed by atoms with Crippen molar-refractivity contribution in [3.8, 4) is 11.3 Å². The summed E-state index contributed by atoms with van der Waals surface area (Å²) in [6.45, 7) is 0. The molecule has 25 heavy (non-hydrogen) atoms. The lowest BCUT2D eigenvalue weighted by Crippen LogP contribution is -1.94. The summed E-state index contributed by atoms with van der Waals surface area (Å²) < 4.78 is 5.65. The van der Waals surface area contributed by atoms with E-state index in [4.69, 9.17) is 27.6 Å². The van der Waals surface area contributed by atoms with E-state index < -0.39 is 4.92 Å². The lowest BCUT2D eigenvalue weighted by Gasteiger charge is -1.99. The summed E-state index contributed by atoms with van der Waals surface area (Å²) in [5.74, 6) is 1.50. The molecule has 0 saturated carbocycles. The second kappa shape index (κ2) is 7.33. The van der Waals surface area contributed by atoms with Gasteiger partial charge in [0.15, 0.2) is 0 Å². The number of aromatic nitrogens is 1. The van der Waals surface area contributed by atoms with Crippen molar-refractivity contribution in [3.63, 3.8) is 0 Å². The van der Waals surface area contributed by atoms with E-state index in [1.165, 1.54) is 18.3 Å². The maximum Gasteiger partial charge on any atom is 0.287 e. The standard InChI is InChI=1S/C16H10Cl2N4O3/c17-13-4-1-10(7-14(13)18)15-5-3-12(25-15)9-20-21-16-6-2-11(8-19-16)22(23)24/h1-9H,(H,19,21). The van der Waals surface area contributed by atoms with E-state index in [0.717, 1.165) is 11.8 Å². The first-order chi connectivity index (χ1) is 12.0. The van der Waals surface area contributed by atoms with E-state index in [1.54, 1.807) is 30.3 Å². The molecule has 0 amide bonds. The minimum absolute atomic E-state index is 0.0909. The number of anilines is 1. The number of nitrogens with zero attached hydrogens (tertiary/aromatic N) is 3. The molecule has 1 N–H and O–H groups in total. The van der Waals surface area contributed by atoms with Crippen LogP contribution in [-0.2, 0) is 0 Å². The van der Waals surface area contributed by atoms with Gasteiger partial charge in [-0.05, 0) is 36.4 Å². The molecule has 2 aromatic heterocycles. The van der Waals surface area contributed by atoms with Crippen LogP contribution in [0.1, 0.15) is 5.76 Å². The average Bonchev–Trinajstić information content (AvgIpc) is 3.07. The minimum Gasteiger partial charge on any atom is -0.455 e. The Morgan fingerprint density at radius 2 is 2.00 bits per heavy atom. The van der Waals surface area contributed by atoms with Crippen LogP contribution < -0.4 is 5.43 Å². The van der Waals surface area contributed by atoms with Gasteiger partial charge in [-0.25, -0.2) is 4.98 Å². The van der Waals surface area contributed by atoms with Gasteiger partial charge in [-0.15, -0.1) is 0 Å². The van der Waals surface area contributed by atoms with Gasteiger partial charge >= 0.3 is 0 Å². The Labute approximate surface area is 152 Å². The third-order valence-electron chi connectivity index (χ3n) is 3.16. The molecular formula is C16H10Cl2N4O3. The van der Waals surface area contributed by atoms with Gasteiger partial charge in [0.25, 0.3) is 5.69 Å². The maximum absolute atomic E-state index is 10.6. The molecule has 7 nitrogen and oxygen atoms in total. The molecule has 0 aliphatic rings. The largest absolute Gasteiger partial charge is 0.455 e. The third-order valence-corrected chi connectivity index (χ3v) is 3.90. The number of halogens is 2. The molecule has 0 unspecified atom stereocenters. The predicted molar refractivity (Wildman–Crippen MR) is 96.3 cm³/mol. The second-order valence-corrected chi connectivity index (χ2v) is 5.67. The number of rotatable bonds is 5. The Morgan fingerprint density at radius 3 is 2.68 bits per heavy atom. The van der Waals surface area contributed by atoms with Crippen molar-refractivity contribution in [1.29, 1.82) is 0 Å². The highest BCUT2D eigenvalue weighted by Crippen LogP contribution is 2.29. The number of benzene rings is 1. The number of hydrogen-bond donors (Lipinski definition) is 1. The van der Waals surface area contributed by atoms with Gasteiger partial charge < -0.3 is 4.42 Å². The summed E-state index contributed by atoms with van der Waals surface area (Å²) in [7, 11) is 0. The van der Waals surface area contributed by atoms with Crippen molar-refractivity contribution >= 4 is 40.9 Å². The molecule has 0 spiro atoms. The zero-order valence-electron chi connectivity index (χ0n) is 12.5. The number of pyridine rings is 1. The quantitative estimate of drug-likeness (QED) is 0.384. The molecule has 9 heteroatoms. The Bertz CT molecular complexity index is 939. The van der Waals surface area contributed by atoms with Crippen molar-refractivity contribution in [2.75, 3.05) is 5.43 Å². The van der Waals surface area contributed by atoms with E-state index in [9.17, 15) is 10.1 Å². The SMILES string of the molecule is O=[N+]([O-])c1ccc(NN=Cc2ccc(-c3ccc(Cl)c(Cl)c3)o2)nc1. The van der Waals surface area contributed by atoms with Crippen LogP contribution in [-0.4, -0.2) is 16.1 Å². The molecular weight excluding hydrogens is 367 g/mol. The van der Waals surface area contributed by atoms with E-state index >= 15 is 0 Å². The zero-order valence-corrected chi connectivity index (χ0v) is 14.0.